The number of benzene rings is 1. The molecule has 1 amide bonds. The number of carbonyl (C=O) groups is 1. The molecule has 0 unspecified atom stereocenters. The molecule has 0 aliphatic rings. The summed E-state index contributed by atoms with van der Waals surface area (Å²) in [7, 11) is 0.896. The summed E-state index contributed by atoms with van der Waals surface area (Å²) in [5.41, 5.74) is -0.895. The molecule has 4 nitrogen and oxygen atoms in total. The van der Waals surface area contributed by atoms with Crippen LogP contribution in [0.3, 0.4) is 0 Å². The average Bonchev–Trinajstić information content (AvgIpc) is 2.29. The molecule has 0 saturated carbocycles. The van der Waals surface area contributed by atoms with Crippen LogP contribution in [0.25, 0.3) is 0 Å². The SMILES string of the molecule is CCCC(C)(C)NC(=O)c1cc(Br)cc(S(=O)(=O)Cl)c1F. The molecule has 8 heteroatoms. The van der Waals surface area contributed by atoms with Crippen molar-refractivity contribution in [3.63, 3.8) is 0 Å². The fourth-order valence-electron chi connectivity index (χ4n) is 1.97. The summed E-state index contributed by atoms with van der Waals surface area (Å²) in [5.74, 6) is -1.84. The van der Waals surface area contributed by atoms with Crippen molar-refractivity contribution in [3.8, 4) is 0 Å². The van der Waals surface area contributed by atoms with E-state index in [9.17, 15) is 17.6 Å². The molecule has 1 N–H and O–H groups in total. The second kappa shape index (κ2) is 6.62. The summed E-state index contributed by atoms with van der Waals surface area (Å²) in [6.07, 6.45) is 1.55. The normalized spacial score (nSPS) is 12.3. The number of amides is 1. The standard InChI is InChI=1S/C13H16BrClFNO3S/c1-4-5-13(2,3)17-12(18)9-6-8(14)7-10(11(9)16)21(15,19)20/h6-7H,4-5H2,1-3H3,(H,17,18). The Morgan fingerprint density at radius 3 is 2.48 bits per heavy atom. The third kappa shape index (κ3) is 4.93. The van der Waals surface area contributed by atoms with Gasteiger partial charge in [-0.15, -0.1) is 0 Å². The zero-order valence-electron chi connectivity index (χ0n) is 11.8. The van der Waals surface area contributed by atoms with Gasteiger partial charge in [-0.3, -0.25) is 4.79 Å². The van der Waals surface area contributed by atoms with Crippen LogP contribution in [0.2, 0.25) is 0 Å². The van der Waals surface area contributed by atoms with Crippen molar-refractivity contribution in [3.05, 3.63) is 28.0 Å². The molecule has 0 bridgehead atoms. The molecule has 0 aliphatic carbocycles. The molecule has 1 rings (SSSR count). The zero-order valence-corrected chi connectivity index (χ0v) is 15.0. The highest BCUT2D eigenvalue weighted by molar-refractivity contribution is 9.10. The first-order chi connectivity index (χ1) is 9.48. The number of hydrogen-bond acceptors (Lipinski definition) is 3. The predicted molar refractivity (Wildman–Crippen MR) is 83.6 cm³/mol. The molecule has 0 radical (unpaired) electrons. The first-order valence-corrected chi connectivity index (χ1v) is 9.34. The van der Waals surface area contributed by atoms with Crippen LogP contribution in [0.4, 0.5) is 4.39 Å². The lowest BCUT2D eigenvalue weighted by Gasteiger charge is -2.26. The summed E-state index contributed by atoms with van der Waals surface area (Å²) in [6.45, 7) is 5.58. The van der Waals surface area contributed by atoms with Crippen LogP contribution in [-0.4, -0.2) is 19.9 Å². The summed E-state index contributed by atoms with van der Waals surface area (Å²) < 4.78 is 37.1. The second-order valence-electron chi connectivity index (χ2n) is 5.29. The lowest BCUT2D eigenvalue weighted by atomic mass is 9.98. The molecule has 118 valence electrons. The molecule has 0 atom stereocenters. The highest BCUT2D eigenvalue weighted by Crippen LogP contribution is 2.27. The Morgan fingerprint density at radius 2 is 2.00 bits per heavy atom. The number of carbonyl (C=O) groups excluding carboxylic acids is 1. The van der Waals surface area contributed by atoms with Gasteiger partial charge in [0.25, 0.3) is 15.0 Å². The first-order valence-electron chi connectivity index (χ1n) is 6.24. The van der Waals surface area contributed by atoms with Gasteiger partial charge in [0.05, 0.1) is 5.56 Å². The van der Waals surface area contributed by atoms with Crippen molar-refractivity contribution in [1.82, 2.24) is 5.32 Å². The summed E-state index contributed by atoms with van der Waals surface area (Å²) in [5, 5.41) is 2.68. The van der Waals surface area contributed by atoms with Crippen molar-refractivity contribution in [1.29, 1.82) is 0 Å². The van der Waals surface area contributed by atoms with Gasteiger partial charge in [-0.25, -0.2) is 12.8 Å². The van der Waals surface area contributed by atoms with Crippen molar-refractivity contribution < 1.29 is 17.6 Å². The van der Waals surface area contributed by atoms with Crippen LogP contribution in [0.5, 0.6) is 0 Å². The fraction of sp³-hybridized carbons (Fsp3) is 0.462. The number of nitrogens with one attached hydrogen (secondary N) is 1. The predicted octanol–water partition coefficient (Wildman–Crippen LogP) is 3.82. The van der Waals surface area contributed by atoms with Gasteiger partial charge in [0.1, 0.15) is 4.90 Å². The van der Waals surface area contributed by atoms with E-state index in [0.717, 1.165) is 12.5 Å². The Labute approximate surface area is 136 Å². The average molecular weight is 401 g/mol. The van der Waals surface area contributed by atoms with Gasteiger partial charge in [-0.1, -0.05) is 29.3 Å². The summed E-state index contributed by atoms with van der Waals surface area (Å²) in [6, 6.07) is 2.24. The van der Waals surface area contributed by atoms with Gasteiger partial charge in [0, 0.05) is 20.7 Å². The number of halogens is 3. The fourth-order valence-corrected chi connectivity index (χ4v) is 3.51. The van der Waals surface area contributed by atoms with Gasteiger partial charge in [-0.05, 0) is 32.4 Å². The van der Waals surface area contributed by atoms with E-state index in [1.165, 1.54) is 6.07 Å². The van der Waals surface area contributed by atoms with Gasteiger partial charge in [0.2, 0.25) is 0 Å². The molecule has 21 heavy (non-hydrogen) atoms. The van der Waals surface area contributed by atoms with Crippen LogP contribution in [0.15, 0.2) is 21.5 Å². The maximum atomic E-state index is 14.2. The smallest absolute Gasteiger partial charge is 0.264 e. The molecule has 0 aromatic heterocycles. The third-order valence-electron chi connectivity index (χ3n) is 2.84. The van der Waals surface area contributed by atoms with Crippen LogP contribution in [-0.2, 0) is 9.05 Å². The molecule has 0 spiro atoms. The second-order valence-corrected chi connectivity index (χ2v) is 8.74. The third-order valence-corrected chi connectivity index (χ3v) is 4.62. The van der Waals surface area contributed by atoms with E-state index in [4.69, 9.17) is 10.7 Å². The highest BCUT2D eigenvalue weighted by Gasteiger charge is 2.26. The Balaban J connectivity index is 3.26. The quantitative estimate of drug-likeness (QED) is 0.764. The van der Waals surface area contributed by atoms with E-state index < -0.39 is 31.2 Å². The molecular weight excluding hydrogens is 385 g/mol. The molecule has 0 saturated heterocycles. The van der Waals surface area contributed by atoms with Gasteiger partial charge < -0.3 is 5.32 Å². The number of rotatable bonds is 5. The first kappa shape index (κ1) is 18.4. The van der Waals surface area contributed by atoms with Crippen molar-refractivity contribution in [2.45, 2.75) is 44.0 Å². The minimum absolute atomic E-state index is 0.251. The van der Waals surface area contributed by atoms with Crippen molar-refractivity contribution in [2.24, 2.45) is 0 Å². The van der Waals surface area contributed by atoms with Crippen LogP contribution < -0.4 is 5.32 Å². The summed E-state index contributed by atoms with van der Waals surface area (Å²) >= 11 is 3.05. The van der Waals surface area contributed by atoms with E-state index in [1.807, 2.05) is 20.8 Å². The Hall–Kier alpha value is -0.660. The Morgan fingerprint density at radius 1 is 1.43 bits per heavy atom. The minimum atomic E-state index is -4.28. The monoisotopic (exact) mass is 399 g/mol. The lowest BCUT2D eigenvalue weighted by molar-refractivity contribution is 0.0904. The van der Waals surface area contributed by atoms with E-state index in [0.29, 0.717) is 6.42 Å². The van der Waals surface area contributed by atoms with Crippen molar-refractivity contribution >= 4 is 41.6 Å². The topological polar surface area (TPSA) is 63.2 Å². The minimum Gasteiger partial charge on any atom is -0.347 e. The molecule has 0 fully saturated rings. The van der Waals surface area contributed by atoms with Gasteiger partial charge in [-0.2, -0.15) is 0 Å². The Kier molecular flexibility index (Phi) is 5.80. The summed E-state index contributed by atoms with van der Waals surface area (Å²) in [4.78, 5) is 11.5. The maximum Gasteiger partial charge on any atom is 0.264 e. The van der Waals surface area contributed by atoms with E-state index in [2.05, 4.69) is 21.2 Å². The molecule has 1 aromatic rings. The van der Waals surface area contributed by atoms with E-state index in [1.54, 1.807) is 0 Å². The Bertz CT molecular complexity index is 662. The zero-order chi connectivity index (χ0) is 16.4. The highest BCUT2D eigenvalue weighted by atomic mass is 79.9. The van der Waals surface area contributed by atoms with Gasteiger partial charge in [0.15, 0.2) is 5.82 Å². The molecule has 1 aromatic carbocycles. The van der Waals surface area contributed by atoms with E-state index in [-0.39, 0.29) is 10.0 Å². The van der Waals surface area contributed by atoms with Crippen LogP contribution >= 0.6 is 26.6 Å². The van der Waals surface area contributed by atoms with Gasteiger partial charge >= 0.3 is 0 Å². The largest absolute Gasteiger partial charge is 0.347 e. The number of hydrogen-bond donors (Lipinski definition) is 1. The van der Waals surface area contributed by atoms with Crippen molar-refractivity contribution in [2.75, 3.05) is 0 Å². The lowest BCUT2D eigenvalue weighted by Crippen LogP contribution is -2.43. The molecular formula is C13H16BrClFNO3S. The molecule has 0 heterocycles. The van der Waals surface area contributed by atoms with Crippen LogP contribution in [0, 0.1) is 5.82 Å². The van der Waals surface area contributed by atoms with E-state index >= 15 is 0 Å². The molecule has 0 aliphatic heterocycles. The maximum absolute atomic E-state index is 14.2. The van der Waals surface area contributed by atoms with Crippen LogP contribution in [0.1, 0.15) is 44.0 Å².